The molecule has 2 saturated heterocycles. The minimum Gasteiger partial charge on any atom is -0.341 e. The van der Waals surface area contributed by atoms with Crippen LogP contribution in [-0.4, -0.2) is 61.5 Å². The van der Waals surface area contributed by atoms with Crippen molar-refractivity contribution in [3.63, 3.8) is 0 Å². The van der Waals surface area contributed by atoms with Crippen LogP contribution in [0.15, 0.2) is 0 Å². The van der Waals surface area contributed by atoms with E-state index in [1.165, 1.54) is 0 Å². The number of nitrogens with zero attached hydrogens (tertiary/aromatic N) is 2. The molecular weight excluding hydrogens is 202 g/mol. The van der Waals surface area contributed by atoms with E-state index in [-0.39, 0.29) is 0 Å². The fourth-order valence-electron chi connectivity index (χ4n) is 2.14. The lowest BCUT2D eigenvalue weighted by Gasteiger charge is -2.28. The van der Waals surface area contributed by atoms with Crippen molar-refractivity contribution < 1.29 is 4.79 Å². The molecule has 94 valence electrons. The van der Waals surface area contributed by atoms with Gasteiger partial charge in [0.25, 0.3) is 0 Å². The molecule has 2 heterocycles. The molecule has 0 saturated carbocycles. The van der Waals surface area contributed by atoms with Gasteiger partial charge in [-0.1, -0.05) is 13.8 Å². The largest absolute Gasteiger partial charge is 0.341 e. The van der Waals surface area contributed by atoms with Crippen LogP contribution in [0, 0.1) is 0 Å². The van der Waals surface area contributed by atoms with Crippen LogP contribution in [0.25, 0.3) is 0 Å². The van der Waals surface area contributed by atoms with E-state index in [0.717, 1.165) is 58.7 Å². The summed E-state index contributed by atoms with van der Waals surface area (Å²) in [5.74, 6) is 0.347. The van der Waals surface area contributed by atoms with E-state index in [4.69, 9.17) is 0 Å². The summed E-state index contributed by atoms with van der Waals surface area (Å²) < 4.78 is 0. The van der Waals surface area contributed by atoms with E-state index in [2.05, 4.69) is 10.2 Å². The summed E-state index contributed by atoms with van der Waals surface area (Å²) in [4.78, 5) is 15.8. The van der Waals surface area contributed by atoms with Crippen molar-refractivity contribution >= 4 is 5.91 Å². The predicted molar refractivity (Wildman–Crippen MR) is 66.5 cm³/mol. The number of amides is 1. The number of carbonyl (C=O) groups excluding carboxylic acids is 1. The van der Waals surface area contributed by atoms with Gasteiger partial charge in [0.2, 0.25) is 5.91 Å². The van der Waals surface area contributed by atoms with Crippen molar-refractivity contribution in [1.29, 1.82) is 0 Å². The van der Waals surface area contributed by atoms with Gasteiger partial charge in [0.1, 0.15) is 0 Å². The first-order chi connectivity index (χ1) is 7.86. The summed E-state index contributed by atoms with van der Waals surface area (Å²) >= 11 is 0. The lowest BCUT2D eigenvalue weighted by molar-refractivity contribution is -0.127. The molecule has 4 nitrogen and oxygen atoms in total. The van der Waals surface area contributed by atoms with Gasteiger partial charge in [0.15, 0.2) is 0 Å². The molecule has 0 spiro atoms. The van der Waals surface area contributed by atoms with Crippen molar-refractivity contribution in [2.45, 2.75) is 26.7 Å². The van der Waals surface area contributed by atoms with E-state index in [0.29, 0.717) is 5.91 Å². The molecule has 2 aliphatic heterocycles. The second-order valence-electron chi connectivity index (χ2n) is 4.08. The van der Waals surface area contributed by atoms with Gasteiger partial charge in [-0.15, -0.1) is 0 Å². The third kappa shape index (κ3) is 4.10. The summed E-state index contributed by atoms with van der Waals surface area (Å²) in [7, 11) is 0. The molecule has 0 radical (unpaired) electrons. The smallest absolute Gasteiger partial charge is 0.222 e. The fraction of sp³-hybridized carbons (Fsp3) is 0.917. The summed E-state index contributed by atoms with van der Waals surface area (Å²) in [5, 5.41) is 3.33. The Morgan fingerprint density at radius 1 is 1.12 bits per heavy atom. The second kappa shape index (κ2) is 7.63. The van der Waals surface area contributed by atoms with Crippen LogP contribution in [0.3, 0.4) is 0 Å². The molecule has 0 unspecified atom stereocenters. The van der Waals surface area contributed by atoms with Gasteiger partial charge in [-0.25, -0.2) is 0 Å². The molecular formula is C12H25N3O. The average molecular weight is 227 g/mol. The zero-order valence-electron chi connectivity index (χ0n) is 10.7. The quantitative estimate of drug-likeness (QED) is 0.764. The predicted octanol–water partition coefficient (Wildman–Crippen LogP) is 0.540. The Morgan fingerprint density at radius 3 is 2.38 bits per heavy atom. The van der Waals surface area contributed by atoms with Gasteiger partial charge in [-0.2, -0.15) is 0 Å². The number of hydrogen-bond donors (Lipinski definition) is 1. The Kier molecular flexibility index (Phi) is 6.42. The number of nitrogens with one attached hydrogen (secondary N) is 1. The van der Waals surface area contributed by atoms with Crippen molar-refractivity contribution in [2.75, 3.05) is 45.8 Å². The van der Waals surface area contributed by atoms with Crippen LogP contribution in [-0.2, 0) is 4.79 Å². The molecule has 16 heavy (non-hydrogen) atoms. The summed E-state index contributed by atoms with van der Waals surface area (Å²) in [6, 6.07) is 0. The van der Waals surface area contributed by atoms with Gasteiger partial charge in [-0.05, 0) is 6.42 Å². The molecule has 1 amide bonds. The van der Waals surface area contributed by atoms with Crippen LogP contribution in [0.5, 0.6) is 0 Å². The van der Waals surface area contributed by atoms with Gasteiger partial charge in [0, 0.05) is 52.2 Å². The number of rotatable bonds is 3. The van der Waals surface area contributed by atoms with Gasteiger partial charge in [0.05, 0.1) is 0 Å². The molecule has 2 fully saturated rings. The van der Waals surface area contributed by atoms with E-state index >= 15 is 0 Å². The van der Waals surface area contributed by atoms with Crippen LogP contribution in [0.4, 0.5) is 0 Å². The van der Waals surface area contributed by atoms with Crippen molar-refractivity contribution in [3.05, 3.63) is 0 Å². The zero-order valence-corrected chi connectivity index (χ0v) is 10.7. The van der Waals surface area contributed by atoms with Crippen LogP contribution >= 0.6 is 0 Å². The van der Waals surface area contributed by atoms with Crippen molar-refractivity contribution in [1.82, 2.24) is 15.1 Å². The minimum absolute atomic E-state index is 0.347. The summed E-state index contributed by atoms with van der Waals surface area (Å²) in [5.41, 5.74) is 0. The van der Waals surface area contributed by atoms with Crippen molar-refractivity contribution in [2.24, 2.45) is 0 Å². The maximum Gasteiger partial charge on any atom is 0.222 e. The SMILES string of the molecule is CC.O=C1CCCN1CCN1CCNCC1. The Hall–Kier alpha value is -0.610. The van der Waals surface area contributed by atoms with E-state index in [1.807, 2.05) is 18.7 Å². The average Bonchev–Trinajstić information content (AvgIpc) is 2.76. The first-order valence-corrected chi connectivity index (χ1v) is 6.57. The lowest BCUT2D eigenvalue weighted by atomic mass is 10.3. The third-order valence-electron chi connectivity index (χ3n) is 3.07. The molecule has 0 aliphatic carbocycles. The Morgan fingerprint density at radius 2 is 1.81 bits per heavy atom. The minimum atomic E-state index is 0.347. The number of carbonyl (C=O) groups is 1. The number of piperazine rings is 1. The van der Waals surface area contributed by atoms with Gasteiger partial charge >= 0.3 is 0 Å². The summed E-state index contributed by atoms with van der Waals surface area (Å²) in [6.07, 6.45) is 1.82. The summed E-state index contributed by atoms with van der Waals surface area (Å²) in [6.45, 7) is 11.4. The monoisotopic (exact) mass is 227 g/mol. The normalized spacial score (nSPS) is 21.9. The number of hydrogen-bond acceptors (Lipinski definition) is 3. The standard InChI is InChI=1S/C10H19N3O.C2H6/c14-10-2-1-5-13(10)9-8-12-6-3-11-4-7-12;1-2/h11H,1-9H2;1-2H3. The molecule has 0 aromatic carbocycles. The van der Waals surface area contributed by atoms with Gasteiger partial charge in [-0.3, -0.25) is 9.69 Å². The topological polar surface area (TPSA) is 35.6 Å². The molecule has 0 aromatic rings. The zero-order chi connectivity index (χ0) is 11.8. The number of likely N-dealkylation sites (tertiary alicyclic amines) is 1. The Balaban J connectivity index is 0.000000606. The molecule has 4 heteroatoms. The Bertz CT molecular complexity index is 202. The van der Waals surface area contributed by atoms with Gasteiger partial charge < -0.3 is 10.2 Å². The molecule has 1 N–H and O–H groups in total. The van der Waals surface area contributed by atoms with E-state index in [9.17, 15) is 4.79 Å². The first-order valence-electron chi connectivity index (χ1n) is 6.57. The highest BCUT2D eigenvalue weighted by molar-refractivity contribution is 5.78. The van der Waals surface area contributed by atoms with E-state index in [1.54, 1.807) is 0 Å². The van der Waals surface area contributed by atoms with Crippen LogP contribution in [0.1, 0.15) is 26.7 Å². The molecule has 2 rings (SSSR count). The maximum absolute atomic E-state index is 11.3. The Labute approximate surface area is 99.0 Å². The molecule has 2 aliphatic rings. The molecule has 0 bridgehead atoms. The molecule has 0 atom stereocenters. The maximum atomic E-state index is 11.3. The third-order valence-corrected chi connectivity index (χ3v) is 3.07. The second-order valence-corrected chi connectivity index (χ2v) is 4.08. The molecule has 0 aromatic heterocycles. The van der Waals surface area contributed by atoms with E-state index < -0.39 is 0 Å². The highest BCUT2D eigenvalue weighted by Gasteiger charge is 2.20. The first kappa shape index (κ1) is 13.5. The highest BCUT2D eigenvalue weighted by Crippen LogP contribution is 2.08. The highest BCUT2D eigenvalue weighted by atomic mass is 16.2. The fourth-order valence-corrected chi connectivity index (χ4v) is 2.14. The van der Waals surface area contributed by atoms with Crippen LogP contribution in [0.2, 0.25) is 0 Å². The van der Waals surface area contributed by atoms with Crippen LogP contribution < -0.4 is 5.32 Å². The van der Waals surface area contributed by atoms with Crippen molar-refractivity contribution in [3.8, 4) is 0 Å². The lowest BCUT2D eigenvalue weighted by Crippen LogP contribution is -2.46.